The first-order valence-corrected chi connectivity index (χ1v) is 6.95. The molecule has 1 saturated heterocycles. The van der Waals surface area contributed by atoms with Gasteiger partial charge < -0.3 is 15.2 Å². The summed E-state index contributed by atoms with van der Waals surface area (Å²) in [5, 5.41) is 12.1. The average Bonchev–Trinajstić information content (AvgIpc) is 2.77. The zero-order chi connectivity index (χ0) is 13.6. The van der Waals surface area contributed by atoms with Gasteiger partial charge in [0.2, 0.25) is 5.91 Å². The smallest absolute Gasteiger partial charge is 0.220 e. The molecule has 1 fully saturated rings. The van der Waals surface area contributed by atoms with Gasteiger partial charge in [-0.15, -0.1) is 0 Å². The quantitative estimate of drug-likeness (QED) is 0.763. The number of nitrogens with one attached hydrogen (secondary N) is 1. The average molecular weight is 257 g/mol. The van der Waals surface area contributed by atoms with Gasteiger partial charge in [-0.1, -0.05) is 20.8 Å². The molecule has 0 aliphatic carbocycles. The van der Waals surface area contributed by atoms with E-state index in [1.807, 2.05) is 0 Å². The number of aliphatic hydroxyl groups is 1. The third-order valence-electron chi connectivity index (χ3n) is 3.52. The fourth-order valence-electron chi connectivity index (χ4n) is 2.28. The lowest BCUT2D eigenvalue weighted by molar-refractivity contribution is -0.123. The van der Waals surface area contributed by atoms with Gasteiger partial charge in [0.05, 0.1) is 6.10 Å². The number of carbonyl (C=O) groups is 1. The number of rotatable bonds is 6. The van der Waals surface area contributed by atoms with E-state index in [1.165, 1.54) is 0 Å². The first kappa shape index (κ1) is 15.4. The second-order valence-corrected chi connectivity index (χ2v) is 6.17. The summed E-state index contributed by atoms with van der Waals surface area (Å²) in [6, 6.07) is 0.0273. The van der Waals surface area contributed by atoms with Crippen LogP contribution in [0.2, 0.25) is 0 Å². The van der Waals surface area contributed by atoms with Crippen molar-refractivity contribution in [2.24, 2.45) is 5.41 Å². The van der Waals surface area contributed by atoms with Gasteiger partial charge in [-0.2, -0.15) is 0 Å². The zero-order valence-electron chi connectivity index (χ0n) is 11.9. The van der Waals surface area contributed by atoms with E-state index in [4.69, 9.17) is 9.84 Å². The van der Waals surface area contributed by atoms with E-state index in [9.17, 15) is 4.79 Å². The molecule has 1 aliphatic rings. The highest BCUT2D eigenvalue weighted by atomic mass is 16.5. The summed E-state index contributed by atoms with van der Waals surface area (Å²) >= 11 is 0. The standard InChI is InChI=1S/C14H27NO3/c1-14(2,3)12(8-9-16)15-13(17)7-6-11-5-4-10-18-11/h11-12,16H,4-10H2,1-3H3,(H,15,17). The molecule has 2 atom stereocenters. The maximum absolute atomic E-state index is 11.9. The van der Waals surface area contributed by atoms with Crippen LogP contribution in [0.15, 0.2) is 0 Å². The maximum atomic E-state index is 11.9. The Hall–Kier alpha value is -0.610. The van der Waals surface area contributed by atoms with Crippen molar-refractivity contribution in [2.75, 3.05) is 13.2 Å². The molecule has 4 heteroatoms. The summed E-state index contributed by atoms with van der Waals surface area (Å²) in [6.07, 6.45) is 4.38. The van der Waals surface area contributed by atoms with E-state index in [1.54, 1.807) is 0 Å². The number of hydrogen-bond donors (Lipinski definition) is 2. The summed E-state index contributed by atoms with van der Waals surface area (Å²) in [5.74, 6) is 0.0684. The van der Waals surface area contributed by atoms with Crippen LogP contribution in [-0.2, 0) is 9.53 Å². The first-order valence-electron chi connectivity index (χ1n) is 6.95. The normalized spacial score (nSPS) is 21.9. The summed E-state index contributed by atoms with van der Waals surface area (Å²) in [7, 11) is 0. The topological polar surface area (TPSA) is 58.6 Å². The Kier molecular flexibility index (Phi) is 6.09. The Morgan fingerprint density at radius 1 is 1.50 bits per heavy atom. The molecular weight excluding hydrogens is 230 g/mol. The minimum absolute atomic E-state index is 0.0255. The molecule has 106 valence electrons. The molecule has 0 aromatic heterocycles. The van der Waals surface area contributed by atoms with E-state index >= 15 is 0 Å². The van der Waals surface area contributed by atoms with Crippen LogP contribution >= 0.6 is 0 Å². The number of aliphatic hydroxyl groups excluding tert-OH is 1. The van der Waals surface area contributed by atoms with Gasteiger partial charge in [0, 0.05) is 25.7 Å². The van der Waals surface area contributed by atoms with Crippen LogP contribution in [0, 0.1) is 5.41 Å². The molecule has 0 bridgehead atoms. The van der Waals surface area contributed by atoms with E-state index in [2.05, 4.69) is 26.1 Å². The lowest BCUT2D eigenvalue weighted by Gasteiger charge is -2.31. The molecule has 0 aromatic carbocycles. The highest BCUT2D eigenvalue weighted by Gasteiger charge is 2.26. The Bertz CT molecular complexity index is 254. The second-order valence-electron chi connectivity index (χ2n) is 6.17. The summed E-state index contributed by atoms with van der Waals surface area (Å²) < 4.78 is 5.50. The summed E-state index contributed by atoms with van der Waals surface area (Å²) in [5.41, 5.74) is -0.0255. The Morgan fingerprint density at radius 3 is 2.72 bits per heavy atom. The van der Waals surface area contributed by atoms with E-state index in [0.717, 1.165) is 25.9 Å². The Morgan fingerprint density at radius 2 is 2.22 bits per heavy atom. The van der Waals surface area contributed by atoms with Gasteiger partial charge in [0.25, 0.3) is 0 Å². The number of ether oxygens (including phenoxy) is 1. The number of hydrogen-bond acceptors (Lipinski definition) is 3. The third kappa shape index (κ3) is 5.36. The fourth-order valence-corrected chi connectivity index (χ4v) is 2.28. The Labute approximate surface area is 110 Å². The van der Waals surface area contributed by atoms with Gasteiger partial charge in [-0.25, -0.2) is 0 Å². The van der Waals surface area contributed by atoms with Crippen LogP contribution in [0.1, 0.15) is 52.9 Å². The van der Waals surface area contributed by atoms with Crippen LogP contribution in [0.3, 0.4) is 0 Å². The second kappa shape index (κ2) is 7.10. The fraction of sp³-hybridized carbons (Fsp3) is 0.929. The van der Waals surface area contributed by atoms with Crippen molar-refractivity contribution in [2.45, 2.75) is 65.0 Å². The van der Waals surface area contributed by atoms with Crippen molar-refractivity contribution < 1.29 is 14.6 Å². The molecule has 1 amide bonds. The molecule has 0 saturated carbocycles. The molecule has 18 heavy (non-hydrogen) atoms. The van der Waals surface area contributed by atoms with Gasteiger partial charge >= 0.3 is 0 Å². The van der Waals surface area contributed by atoms with Crippen molar-refractivity contribution in [3.8, 4) is 0 Å². The third-order valence-corrected chi connectivity index (χ3v) is 3.52. The van der Waals surface area contributed by atoms with Gasteiger partial charge in [-0.05, 0) is 31.1 Å². The molecule has 2 unspecified atom stereocenters. The largest absolute Gasteiger partial charge is 0.396 e. The molecular formula is C14H27NO3. The Balaban J connectivity index is 2.31. The van der Waals surface area contributed by atoms with Crippen molar-refractivity contribution in [3.63, 3.8) is 0 Å². The molecule has 1 aliphatic heterocycles. The molecule has 0 spiro atoms. The number of carbonyl (C=O) groups excluding carboxylic acids is 1. The van der Waals surface area contributed by atoms with Crippen molar-refractivity contribution in [1.29, 1.82) is 0 Å². The molecule has 0 radical (unpaired) electrons. The van der Waals surface area contributed by atoms with E-state index < -0.39 is 0 Å². The highest BCUT2D eigenvalue weighted by molar-refractivity contribution is 5.76. The monoisotopic (exact) mass is 257 g/mol. The molecule has 0 aromatic rings. The van der Waals surface area contributed by atoms with Crippen LogP contribution in [0.5, 0.6) is 0 Å². The first-order chi connectivity index (χ1) is 8.43. The minimum atomic E-state index is -0.0255. The molecule has 4 nitrogen and oxygen atoms in total. The van der Waals surface area contributed by atoms with E-state index in [-0.39, 0.29) is 30.1 Å². The maximum Gasteiger partial charge on any atom is 0.220 e. The van der Waals surface area contributed by atoms with Crippen molar-refractivity contribution >= 4 is 5.91 Å². The summed E-state index contributed by atoms with van der Waals surface area (Å²) in [4.78, 5) is 11.9. The van der Waals surface area contributed by atoms with Crippen LogP contribution < -0.4 is 5.32 Å². The van der Waals surface area contributed by atoms with Gasteiger partial charge in [0.1, 0.15) is 0 Å². The van der Waals surface area contributed by atoms with Crippen LogP contribution in [0.4, 0.5) is 0 Å². The summed E-state index contributed by atoms with van der Waals surface area (Å²) in [6.45, 7) is 7.17. The van der Waals surface area contributed by atoms with Crippen LogP contribution in [0.25, 0.3) is 0 Å². The van der Waals surface area contributed by atoms with Crippen molar-refractivity contribution in [1.82, 2.24) is 5.32 Å². The lowest BCUT2D eigenvalue weighted by Crippen LogP contribution is -2.44. The molecule has 1 rings (SSSR count). The van der Waals surface area contributed by atoms with Gasteiger partial charge in [-0.3, -0.25) is 4.79 Å². The highest BCUT2D eigenvalue weighted by Crippen LogP contribution is 2.22. The number of amides is 1. The zero-order valence-corrected chi connectivity index (χ0v) is 11.9. The van der Waals surface area contributed by atoms with Crippen molar-refractivity contribution in [3.05, 3.63) is 0 Å². The lowest BCUT2D eigenvalue weighted by atomic mass is 9.85. The van der Waals surface area contributed by atoms with Crippen LogP contribution in [-0.4, -0.2) is 36.4 Å². The predicted octanol–water partition coefficient (Wildman–Crippen LogP) is 1.86. The predicted molar refractivity (Wildman–Crippen MR) is 71.3 cm³/mol. The molecule has 1 heterocycles. The van der Waals surface area contributed by atoms with E-state index in [0.29, 0.717) is 12.8 Å². The SMILES string of the molecule is CC(C)(C)C(CCO)NC(=O)CCC1CCCO1. The molecule has 2 N–H and O–H groups in total. The van der Waals surface area contributed by atoms with Gasteiger partial charge in [0.15, 0.2) is 0 Å². The minimum Gasteiger partial charge on any atom is -0.396 e.